The van der Waals surface area contributed by atoms with Crippen molar-refractivity contribution >= 4 is 21.6 Å². The van der Waals surface area contributed by atoms with Gasteiger partial charge >= 0.3 is 0 Å². The van der Waals surface area contributed by atoms with Gasteiger partial charge in [0.25, 0.3) is 0 Å². The van der Waals surface area contributed by atoms with Crippen LogP contribution in [0.25, 0.3) is 0 Å². The second-order valence-corrected chi connectivity index (χ2v) is 5.06. The maximum atomic E-state index is 14.2. The Morgan fingerprint density at radius 2 is 2.35 bits per heavy atom. The molecule has 1 atom stereocenters. The first kappa shape index (κ1) is 12.4. The molecule has 90 valence electrons. The Bertz CT molecular complexity index is 467. The fourth-order valence-electron chi connectivity index (χ4n) is 2.42. The predicted octanol–water partition coefficient (Wildman–Crippen LogP) is 3.84. The van der Waals surface area contributed by atoms with Crippen molar-refractivity contribution in [2.45, 2.75) is 32.2 Å². The van der Waals surface area contributed by atoms with Crippen molar-refractivity contribution in [2.24, 2.45) is 0 Å². The van der Waals surface area contributed by atoms with Crippen molar-refractivity contribution in [3.8, 4) is 6.07 Å². The van der Waals surface area contributed by atoms with E-state index in [2.05, 4.69) is 27.8 Å². The van der Waals surface area contributed by atoms with E-state index in [9.17, 15) is 4.39 Å². The molecule has 0 radical (unpaired) electrons. The molecule has 1 heterocycles. The van der Waals surface area contributed by atoms with Gasteiger partial charge < -0.3 is 4.90 Å². The highest BCUT2D eigenvalue weighted by molar-refractivity contribution is 9.10. The molecule has 1 fully saturated rings. The van der Waals surface area contributed by atoms with Crippen molar-refractivity contribution in [3.05, 3.63) is 28.0 Å². The van der Waals surface area contributed by atoms with Crippen LogP contribution in [0.4, 0.5) is 10.1 Å². The summed E-state index contributed by atoms with van der Waals surface area (Å²) < 4.78 is 14.4. The number of anilines is 1. The normalized spacial score (nSPS) is 19.4. The third-order valence-electron chi connectivity index (χ3n) is 3.34. The molecule has 0 N–H and O–H groups in total. The highest BCUT2D eigenvalue weighted by atomic mass is 79.9. The Morgan fingerprint density at radius 3 is 3.00 bits per heavy atom. The van der Waals surface area contributed by atoms with Gasteiger partial charge in [-0.2, -0.15) is 5.26 Å². The van der Waals surface area contributed by atoms with Gasteiger partial charge in [0.15, 0.2) is 5.82 Å². The molecule has 17 heavy (non-hydrogen) atoms. The van der Waals surface area contributed by atoms with Gasteiger partial charge in [-0.25, -0.2) is 4.39 Å². The summed E-state index contributed by atoms with van der Waals surface area (Å²) in [6.45, 7) is 3.02. The summed E-state index contributed by atoms with van der Waals surface area (Å²) in [5, 5.41) is 8.84. The molecule has 2 nitrogen and oxygen atoms in total. The summed E-state index contributed by atoms with van der Waals surface area (Å²) in [5.41, 5.74) is 0.957. The molecule has 0 aliphatic carbocycles. The fourth-order valence-corrected chi connectivity index (χ4v) is 2.85. The minimum absolute atomic E-state index is 0.277. The van der Waals surface area contributed by atoms with Crippen LogP contribution >= 0.6 is 15.9 Å². The SMILES string of the molecule is CCC1CCCN1c1ccc(C#N)c(Br)c1F. The summed E-state index contributed by atoms with van der Waals surface area (Å²) in [6, 6.07) is 5.78. The fraction of sp³-hybridized carbons (Fsp3) is 0.462. The van der Waals surface area contributed by atoms with Gasteiger partial charge in [0, 0.05) is 12.6 Å². The van der Waals surface area contributed by atoms with Crippen LogP contribution in [0.5, 0.6) is 0 Å². The number of hydrogen-bond acceptors (Lipinski definition) is 2. The van der Waals surface area contributed by atoms with Crippen LogP contribution in [0.15, 0.2) is 16.6 Å². The maximum absolute atomic E-state index is 14.2. The lowest BCUT2D eigenvalue weighted by Gasteiger charge is -2.26. The number of nitrogens with zero attached hydrogens (tertiary/aromatic N) is 2. The molecule has 2 rings (SSSR count). The molecule has 0 spiro atoms. The number of benzene rings is 1. The maximum Gasteiger partial charge on any atom is 0.161 e. The molecular formula is C13H14BrFN2. The van der Waals surface area contributed by atoms with Crippen LogP contribution in [-0.4, -0.2) is 12.6 Å². The van der Waals surface area contributed by atoms with E-state index >= 15 is 0 Å². The Morgan fingerprint density at radius 1 is 1.59 bits per heavy atom. The largest absolute Gasteiger partial charge is 0.366 e. The molecule has 4 heteroatoms. The Hall–Kier alpha value is -1.08. The number of nitriles is 1. The van der Waals surface area contributed by atoms with E-state index in [0.29, 0.717) is 17.3 Å². The first-order chi connectivity index (χ1) is 8.19. The van der Waals surface area contributed by atoms with Crippen molar-refractivity contribution in [2.75, 3.05) is 11.4 Å². The van der Waals surface area contributed by atoms with Gasteiger partial charge in [-0.1, -0.05) is 6.92 Å². The van der Waals surface area contributed by atoms with Crippen molar-refractivity contribution < 1.29 is 4.39 Å². The van der Waals surface area contributed by atoms with Crippen LogP contribution in [0.1, 0.15) is 31.7 Å². The van der Waals surface area contributed by atoms with Crippen molar-refractivity contribution in [3.63, 3.8) is 0 Å². The zero-order chi connectivity index (χ0) is 12.4. The minimum atomic E-state index is -0.315. The molecule has 0 bridgehead atoms. The van der Waals surface area contributed by atoms with Crippen molar-refractivity contribution in [1.29, 1.82) is 5.26 Å². The molecule has 0 amide bonds. The zero-order valence-electron chi connectivity index (χ0n) is 9.71. The molecule has 1 aromatic carbocycles. The Labute approximate surface area is 109 Å². The molecular weight excluding hydrogens is 283 g/mol. The van der Waals surface area contributed by atoms with Crippen LogP contribution in [0.3, 0.4) is 0 Å². The first-order valence-corrected chi connectivity index (χ1v) is 6.63. The molecule has 1 unspecified atom stereocenters. The summed E-state index contributed by atoms with van der Waals surface area (Å²) in [6.07, 6.45) is 3.25. The average Bonchev–Trinajstić information content (AvgIpc) is 2.80. The smallest absolute Gasteiger partial charge is 0.161 e. The highest BCUT2D eigenvalue weighted by Crippen LogP contribution is 2.34. The number of rotatable bonds is 2. The predicted molar refractivity (Wildman–Crippen MR) is 69.5 cm³/mol. The minimum Gasteiger partial charge on any atom is -0.366 e. The molecule has 0 saturated carbocycles. The Kier molecular flexibility index (Phi) is 3.68. The van der Waals surface area contributed by atoms with Gasteiger partial charge in [-0.05, 0) is 47.3 Å². The van der Waals surface area contributed by atoms with Gasteiger partial charge in [0.1, 0.15) is 6.07 Å². The summed E-state index contributed by atoms with van der Waals surface area (Å²) >= 11 is 3.16. The summed E-state index contributed by atoms with van der Waals surface area (Å²) in [7, 11) is 0. The van der Waals surface area contributed by atoms with Gasteiger partial charge in [-0.3, -0.25) is 0 Å². The molecule has 0 aromatic heterocycles. The standard InChI is InChI=1S/C13H14BrFN2/c1-2-10-4-3-7-17(10)11-6-5-9(8-16)12(14)13(11)15/h5-6,10H,2-4,7H2,1H3. The van der Waals surface area contributed by atoms with E-state index in [1.54, 1.807) is 12.1 Å². The quantitative estimate of drug-likeness (QED) is 0.829. The first-order valence-electron chi connectivity index (χ1n) is 5.83. The van der Waals surface area contributed by atoms with Crippen LogP contribution in [0, 0.1) is 17.1 Å². The van der Waals surface area contributed by atoms with Crippen LogP contribution in [0.2, 0.25) is 0 Å². The van der Waals surface area contributed by atoms with Gasteiger partial charge in [0.05, 0.1) is 15.7 Å². The topological polar surface area (TPSA) is 27.0 Å². The lowest BCUT2D eigenvalue weighted by atomic mass is 10.1. The number of halogens is 2. The molecule has 1 aliphatic heterocycles. The third kappa shape index (κ3) is 2.16. The van der Waals surface area contributed by atoms with E-state index in [-0.39, 0.29) is 10.3 Å². The van der Waals surface area contributed by atoms with Crippen LogP contribution < -0.4 is 4.90 Å². The Balaban J connectivity index is 2.40. The lowest BCUT2D eigenvalue weighted by molar-refractivity contribution is 0.592. The molecule has 1 aliphatic rings. The second kappa shape index (κ2) is 5.05. The highest BCUT2D eigenvalue weighted by Gasteiger charge is 2.26. The molecule has 1 aromatic rings. The average molecular weight is 297 g/mol. The van der Waals surface area contributed by atoms with E-state index in [4.69, 9.17) is 5.26 Å². The number of hydrogen-bond donors (Lipinski definition) is 0. The van der Waals surface area contributed by atoms with Gasteiger partial charge in [0.2, 0.25) is 0 Å². The van der Waals surface area contributed by atoms with E-state index < -0.39 is 0 Å². The lowest BCUT2D eigenvalue weighted by Crippen LogP contribution is -2.29. The third-order valence-corrected chi connectivity index (χ3v) is 4.12. The van der Waals surface area contributed by atoms with Gasteiger partial charge in [-0.15, -0.1) is 0 Å². The zero-order valence-corrected chi connectivity index (χ0v) is 11.3. The van der Waals surface area contributed by atoms with E-state index in [1.807, 2.05) is 6.07 Å². The van der Waals surface area contributed by atoms with Crippen LogP contribution in [-0.2, 0) is 0 Å². The van der Waals surface area contributed by atoms with Crippen molar-refractivity contribution in [1.82, 2.24) is 0 Å². The molecule has 1 saturated heterocycles. The summed E-state index contributed by atoms with van der Waals surface area (Å²) in [4.78, 5) is 2.11. The monoisotopic (exact) mass is 296 g/mol. The van der Waals surface area contributed by atoms with E-state index in [1.165, 1.54) is 0 Å². The van der Waals surface area contributed by atoms with E-state index in [0.717, 1.165) is 25.8 Å². The summed E-state index contributed by atoms with van der Waals surface area (Å²) in [5.74, 6) is -0.315. The second-order valence-electron chi connectivity index (χ2n) is 4.27.